The predicted molar refractivity (Wildman–Crippen MR) is 64.8 cm³/mol. The summed E-state index contributed by atoms with van der Waals surface area (Å²) in [5, 5.41) is 0. The highest BCUT2D eigenvalue weighted by Crippen LogP contribution is 2.33. The van der Waals surface area contributed by atoms with Crippen LogP contribution in [0.3, 0.4) is 0 Å². The van der Waals surface area contributed by atoms with E-state index in [1.807, 2.05) is 6.92 Å². The molecule has 0 bridgehead atoms. The summed E-state index contributed by atoms with van der Waals surface area (Å²) >= 11 is 0. The van der Waals surface area contributed by atoms with Crippen LogP contribution in [0.2, 0.25) is 0 Å². The molecule has 0 N–H and O–H groups in total. The van der Waals surface area contributed by atoms with E-state index in [9.17, 15) is 22.4 Å². The Kier molecular flexibility index (Phi) is 5.51. The maximum Gasteiger partial charge on any atom is 0.416 e. The van der Waals surface area contributed by atoms with Gasteiger partial charge in [0, 0.05) is 5.56 Å². The van der Waals surface area contributed by atoms with Crippen LogP contribution < -0.4 is 0 Å². The maximum atomic E-state index is 13.9. The molecule has 5 heteroatoms. The molecule has 19 heavy (non-hydrogen) atoms. The highest BCUT2D eigenvalue weighted by Gasteiger charge is 2.31. The van der Waals surface area contributed by atoms with Crippen LogP contribution in [0.15, 0.2) is 18.2 Å². The number of hydrogen-bond donors (Lipinski definition) is 0. The molecule has 0 aliphatic carbocycles. The lowest BCUT2D eigenvalue weighted by atomic mass is 9.97. The van der Waals surface area contributed by atoms with Gasteiger partial charge in [0.2, 0.25) is 0 Å². The number of rotatable bonds is 6. The van der Waals surface area contributed by atoms with Crippen LogP contribution in [0.1, 0.15) is 60.3 Å². The fraction of sp³-hybridized carbons (Fsp3) is 0.500. The first kappa shape index (κ1) is 15.7. The van der Waals surface area contributed by atoms with Crippen molar-refractivity contribution in [3.05, 3.63) is 34.9 Å². The highest BCUT2D eigenvalue weighted by molar-refractivity contribution is 5.78. The van der Waals surface area contributed by atoms with Crippen LogP contribution in [0.4, 0.5) is 17.6 Å². The summed E-state index contributed by atoms with van der Waals surface area (Å²) in [6, 6.07) is 2.58. The molecule has 0 aliphatic heterocycles. The first-order valence-electron chi connectivity index (χ1n) is 6.20. The fourth-order valence-electron chi connectivity index (χ4n) is 1.87. The van der Waals surface area contributed by atoms with Crippen molar-refractivity contribution in [2.45, 2.75) is 45.0 Å². The zero-order valence-electron chi connectivity index (χ0n) is 10.6. The maximum absolute atomic E-state index is 13.9. The molecule has 1 aromatic carbocycles. The predicted octanol–water partition coefficient (Wildman–Crippen LogP) is 5.11. The van der Waals surface area contributed by atoms with E-state index in [1.165, 1.54) is 0 Å². The molecule has 1 nitrogen and oxygen atoms in total. The summed E-state index contributed by atoms with van der Waals surface area (Å²) in [4.78, 5) is 10.8. The van der Waals surface area contributed by atoms with E-state index >= 15 is 0 Å². The van der Waals surface area contributed by atoms with Gasteiger partial charge in [0.1, 0.15) is 12.5 Å². The van der Waals surface area contributed by atoms with Crippen molar-refractivity contribution < 1.29 is 22.4 Å². The van der Waals surface area contributed by atoms with Crippen LogP contribution in [0.25, 0.3) is 0 Å². The van der Waals surface area contributed by atoms with E-state index < -0.39 is 17.9 Å². The monoisotopic (exact) mass is 276 g/mol. The number of unbranched alkanes of at least 4 members (excludes halogenated alkanes) is 2. The highest BCUT2D eigenvalue weighted by atomic mass is 19.4. The van der Waals surface area contributed by atoms with Crippen molar-refractivity contribution in [1.29, 1.82) is 0 Å². The molecule has 0 fully saturated rings. The van der Waals surface area contributed by atoms with Crippen molar-refractivity contribution >= 4 is 6.29 Å². The molecule has 0 amide bonds. The van der Waals surface area contributed by atoms with Gasteiger partial charge in [-0.3, -0.25) is 4.79 Å². The summed E-state index contributed by atoms with van der Waals surface area (Å²) in [6.45, 7) is 1.97. The van der Waals surface area contributed by atoms with Gasteiger partial charge in [-0.05, 0) is 24.1 Å². The smallest absolute Gasteiger partial charge is 0.298 e. The van der Waals surface area contributed by atoms with E-state index in [4.69, 9.17) is 0 Å². The number of aldehydes is 1. The Bertz CT molecular complexity index is 426. The second kappa shape index (κ2) is 6.68. The average molecular weight is 276 g/mol. The lowest BCUT2D eigenvalue weighted by molar-refractivity contribution is -0.137. The lowest BCUT2D eigenvalue weighted by Crippen LogP contribution is -2.07. The summed E-state index contributed by atoms with van der Waals surface area (Å²) in [5.41, 5.74) is -1.11. The molecular weight excluding hydrogens is 260 g/mol. The summed E-state index contributed by atoms with van der Waals surface area (Å²) in [7, 11) is 0. The molecule has 0 heterocycles. The van der Waals surface area contributed by atoms with Crippen LogP contribution in [-0.2, 0) is 6.18 Å². The third-order valence-corrected chi connectivity index (χ3v) is 2.94. The standard InChI is InChI=1S/C14H16F4O/c1-2-3-4-5-13(15)12-7-6-11(14(16,17)18)8-10(12)9-19/h6-9,13H,2-5H2,1H3/t13-/m1/s1. The molecule has 1 atom stereocenters. The Labute approximate surface area is 109 Å². The number of alkyl halides is 4. The topological polar surface area (TPSA) is 17.1 Å². The lowest BCUT2D eigenvalue weighted by Gasteiger charge is -2.13. The van der Waals surface area contributed by atoms with Crippen LogP contribution >= 0.6 is 0 Å². The van der Waals surface area contributed by atoms with E-state index in [-0.39, 0.29) is 23.8 Å². The van der Waals surface area contributed by atoms with E-state index in [2.05, 4.69) is 0 Å². The molecule has 0 spiro atoms. The number of hydrogen-bond acceptors (Lipinski definition) is 1. The largest absolute Gasteiger partial charge is 0.416 e. The average Bonchev–Trinajstić information content (AvgIpc) is 2.37. The molecule has 106 valence electrons. The zero-order chi connectivity index (χ0) is 14.5. The number of benzene rings is 1. The van der Waals surface area contributed by atoms with Crippen molar-refractivity contribution in [3.63, 3.8) is 0 Å². The second-order valence-corrected chi connectivity index (χ2v) is 4.42. The Morgan fingerprint density at radius 1 is 1.26 bits per heavy atom. The summed E-state index contributed by atoms with van der Waals surface area (Å²) < 4.78 is 51.3. The minimum absolute atomic E-state index is 0.0408. The number of halogens is 4. The SMILES string of the molecule is CCCCC[C@@H](F)c1ccc(C(F)(F)F)cc1C=O. The molecule has 1 rings (SSSR count). The van der Waals surface area contributed by atoms with E-state index in [1.54, 1.807) is 0 Å². The minimum Gasteiger partial charge on any atom is -0.298 e. The summed E-state index contributed by atoms with van der Waals surface area (Å²) in [5.74, 6) is 0. The van der Waals surface area contributed by atoms with Gasteiger partial charge < -0.3 is 0 Å². The number of carbonyl (C=O) groups is 1. The van der Waals surface area contributed by atoms with E-state index in [0.717, 1.165) is 25.0 Å². The van der Waals surface area contributed by atoms with Gasteiger partial charge in [-0.15, -0.1) is 0 Å². The van der Waals surface area contributed by atoms with Gasteiger partial charge in [-0.2, -0.15) is 13.2 Å². The van der Waals surface area contributed by atoms with Gasteiger partial charge in [0.15, 0.2) is 0 Å². The van der Waals surface area contributed by atoms with E-state index in [0.29, 0.717) is 12.5 Å². The van der Waals surface area contributed by atoms with Gasteiger partial charge in [0.25, 0.3) is 0 Å². The van der Waals surface area contributed by atoms with Crippen LogP contribution in [-0.4, -0.2) is 6.29 Å². The molecule has 0 saturated carbocycles. The molecule has 0 radical (unpaired) electrons. The second-order valence-electron chi connectivity index (χ2n) is 4.42. The molecule has 1 aromatic rings. The third-order valence-electron chi connectivity index (χ3n) is 2.94. The zero-order valence-corrected chi connectivity index (χ0v) is 10.6. The van der Waals surface area contributed by atoms with Crippen LogP contribution in [0, 0.1) is 0 Å². The molecule has 0 unspecified atom stereocenters. The Morgan fingerprint density at radius 3 is 2.47 bits per heavy atom. The summed E-state index contributed by atoms with van der Waals surface area (Å²) in [6.07, 6.45) is -2.98. The molecule has 0 aliphatic rings. The third kappa shape index (κ3) is 4.33. The first-order valence-corrected chi connectivity index (χ1v) is 6.20. The molecule has 0 saturated heterocycles. The van der Waals surface area contributed by atoms with Crippen molar-refractivity contribution in [2.75, 3.05) is 0 Å². The Hall–Kier alpha value is -1.39. The van der Waals surface area contributed by atoms with Crippen molar-refractivity contribution in [3.8, 4) is 0 Å². The molecule has 0 aromatic heterocycles. The first-order chi connectivity index (χ1) is 8.90. The van der Waals surface area contributed by atoms with Crippen LogP contribution in [0.5, 0.6) is 0 Å². The minimum atomic E-state index is -4.52. The fourth-order valence-corrected chi connectivity index (χ4v) is 1.87. The Balaban J connectivity index is 2.93. The quantitative estimate of drug-likeness (QED) is 0.401. The van der Waals surface area contributed by atoms with Gasteiger partial charge in [0.05, 0.1) is 5.56 Å². The van der Waals surface area contributed by atoms with Crippen molar-refractivity contribution in [2.24, 2.45) is 0 Å². The number of carbonyl (C=O) groups excluding carboxylic acids is 1. The Morgan fingerprint density at radius 2 is 1.95 bits per heavy atom. The van der Waals surface area contributed by atoms with Gasteiger partial charge in [-0.1, -0.05) is 32.3 Å². The van der Waals surface area contributed by atoms with Crippen molar-refractivity contribution in [1.82, 2.24) is 0 Å². The molecular formula is C14H16F4O. The van der Waals surface area contributed by atoms with Gasteiger partial charge >= 0.3 is 6.18 Å². The van der Waals surface area contributed by atoms with Gasteiger partial charge in [-0.25, -0.2) is 4.39 Å². The normalized spacial score (nSPS) is 13.3.